The largest absolute Gasteiger partial charge is 0.348 e. The fourth-order valence-corrected chi connectivity index (χ4v) is 3.87. The van der Waals surface area contributed by atoms with Gasteiger partial charge in [0.25, 0.3) is 0 Å². The predicted octanol–water partition coefficient (Wildman–Crippen LogP) is 3.84. The van der Waals surface area contributed by atoms with Crippen LogP contribution in [-0.2, 0) is 16.1 Å². The minimum atomic E-state index is -0.496. The van der Waals surface area contributed by atoms with Gasteiger partial charge < -0.3 is 14.4 Å². The first-order chi connectivity index (χ1) is 13.7. The number of amides is 2. The van der Waals surface area contributed by atoms with Gasteiger partial charge in [-0.1, -0.05) is 39.0 Å². The predicted molar refractivity (Wildman–Crippen MR) is 111 cm³/mol. The van der Waals surface area contributed by atoms with Gasteiger partial charge in [-0.05, 0) is 30.5 Å². The van der Waals surface area contributed by atoms with E-state index in [2.05, 4.69) is 4.57 Å². The molecule has 1 aromatic heterocycles. The number of carbonyl (C=O) groups excluding carboxylic acids is 2. The molecule has 2 aromatic rings. The highest BCUT2D eigenvalue weighted by molar-refractivity contribution is 5.85. The third kappa shape index (κ3) is 4.69. The molecule has 1 atom stereocenters. The van der Waals surface area contributed by atoms with Crippen molar-refractivity contribution in [2.75, 3.05) is 19.6 Å². The molecule has 0 bridgehead atoms. The fourth-order valence-electron chi connectivity index (χ4n) is 3.87. The van der Waals surface area contributed by atoms with Gasteiger partial charge in [0.05, 0.1) is 6.54 Å². The Balaban J connectivity index is 1.87. The number of hydrogen-bond acceptors (Lipinski definition) is 2. The fraction of sp³-hybridized carbons (Fsp3) is 0.478. The summed E-state index contributed by atoms with van der Waals surface area (Å²) in [5, 5.41) is 0. The quantitative estimate of drug-likeness (QED) is 0.767. The standard InChI is InChI=1S/C23H30FN3O2/c1-5-25(20(28)15-23(2,3)4)16-21(29)27-14-13-26-12-8-11-19(26)22(27)17-9-6-7-10-18(17)24/h6-12,22H,5,13-16H2,1-4H3. The summed E-state index contributed by atoms with van der Waals surface area (Å²) in [5.41, 5.74) is 1.22. The molecule has 0 saturated carbocycles. The van der Waals surface area contributed by atoms with E-state index < -0.39 is 6.04 Å². The van der Waals surface area contributed by atoms with Crippen molar-refractivity contribution in [2.24, 2.45) is 5.41 Å². The second kappa shape index (κ2) is 8.39. The minimum absolute atomic E-state index is 0.0110. The molecule has 156 valence electrons. The maximum Gasteiger partial charge on any atom is 0.243 e. The smallest absolute Gasteiger partial charge is 0.243 e. The summed E-state index contributed by atoms with van der Waals surface area (Å²) in [6, 6.07) is 9.94. The van der Waals surface area contributed by atoms with Crippen LogP contribution in [0, 0.1) is 11.2 Å². The summed E-state index contributed by atoms with van der Waals surface area (Å²) >= 11 is 0. The van der Waals surface area contributed by atoms with E-state index in [0.717, 1.165) is 5.69 Å². The van der Waals surface area contributed by atoms with Gasteiger partial charge in [-0.2, -0.15) is 0 Å². The van der Waals surface area contributed by atoms with Crippen molar-refractivity contribution in [1.82, 2.24) is 14.4 Å². The lowest BCUT2D eigenvalue weighted by atomic mass is 9.91. The minimum Gasteiger partial charge on any atom is -0.348 e. The van der Waals surface area contributed by atoms with Gasteiger partial charge in [-0.3, -0.25) is 9.59 Å². The highest BCUT2D eigenvalue weighted by Gasteiger charge is 2.34. The van der Waals surface area contributed by atoms with Crippen molar-refractivity contribution in [3.63, 3.8) is 0 Å². The van der Waals surface area contributed by atoms with E-state index in [1.807, 2.05) is 46.0 Å². The highest BCUT2D eigenvalue weighted by atomic mass is 19.1. The number of nitrogens with zero attached hydrogens (tertiary/aromatic N) is 3. The molecule has 2 amide bonds. The second-order valence-corrected chi connectivity index (χ2v) is 8.78. The van der Waals surface area contributed by atoms with Gasteiger partial charge in [-0.25, -0.2) is 4.39 Å². The van der Waals surface area contributed by atoms with Crippen molar-refractivity contribution >= 4 is 11.8 Å². The van der Waals surface area contributed by atoms with Gasteiger partial charge in [-0.15, -0.1) is 0 Å². The zero-order chi connectivity index (χ0) is 21.2. The Kier molecular flexibility index (Phi) is 6.10. The Hall–Kier alpha value is -2.63. The maximum atomic E-state index is 14.6. The second-order valence-electron chi connectivity index (χ2n) is 8.78. The van der Waals surface area contributed by atoms with Crippen LogP contribution in [0.15, 0.2) is 42.6 Å². The first kappa shape index (κ1) is 21.1. The molecule has 1 aromatic carbocycles. The average Bonchev–Trinajstić information content (AvgIpc) is 3.13. The molecular formula is C23H30FN3O2. The monoisotopic (exact) mass is 399 g/mol. The van der Waals surface area contributed by atoms with Crippen LogP contribution in [0.5, 0.6) is 0 Å². The molecule has 1 aliphatic rings. The lowest BCUT2D eigenvalue weighted by molar-refractivity contribution is -0.143. The van der Waals surface area contributed by atoms with Crippen LogP contribution in [0.1, 0.15) is 51.4 Å². The topological polar surface area (TPSA) is 45.6 Å². The maximum absolute atomic E-state index is 14.6. The Labute approximate surface area is 172 Å². The van der Waals surface area contributed by atoms with Crippen molar-refractivity contribution in [2.45, 2.75) is 46.7 Å². The van der Waals surface area contributed by atoms with E-state index in [-0.39, 0.29) is 29.6 Å². The van der Waals surface area contributed by atoms with Crippen molar-refractivity contribution in [3.05, 3.63) is 59.7 Å². The van der Waals surface area contributed by atoms with Gasteiger partial charge in [0.15, 0.2) is 0 Å². The van der Waals surface area contributed by atoms with Gasteiger partial charge in [0.2, 0.25) is 11.8 Å². The summed E-state index contributed by atoms with van der Waals surface area (Å²) in [7, 11) is 0. The molecule has 1 unspecified atom stereocenters. The van der Waals surface area contributed by atoms with Crippen molar-refractivity contribution in [3.8, 4) is 0 Å². The molecule has 0 radical (unpaired) electrons. The number of benzene rings is 1. The molecule has 29 heavy (non-hydrogen) atoms. The van der Waals surface area contributed by atoms with Crippen LogP contribution in [-0.4, -0.2) is 45.8 Å². The van der Waals surface area contributed by atoms with Gasteiger partial charge in [0.1, 0.15) is 11.9 Å². The first-order valence-electron chi connectivity index (χ1n) is 10.2. The number of hydrogen-bond donors (Lipinski definition) is 0. The average molecular weight is 400 g/mol. The molecule has 6 heteroatoms. The van der Waals surface area contributed by atoms with Crippen LogP contribution in [0.3, 0.4) is 0 Å². The number of fused-ring (bicyclic) bond motifs is 1. The number of halogens is 1. The Morgan fingerprint density at radius 2 is 1.86 bits per heavy atom. The number of rotatable bonds is 5. The Morgan fingerprint density at radius 3 is 2.52 bits per heavy atom. The first-order valence-corrected chi connectivity index (χ1v) is 10.2. The molecule has 0 fully saturated rings. The van der Waals surface area contributed by atoms with Crippen molar-refractivity contribution in [1.29, 1.82) is 0 Å². The summed E-state index contributed by atoms with van der Waals surface area (Å²) in [6.07, 6.45) is 2.34. The molecule has 3 rings (SSSR count). The molecule has 0 N–H and O–H groups in total. The highest BCUT2D eigenvalue weighted by Crippen LogP contribution is 2.34. The van der Waals surface area contributed by atoms with Crippen LogP contribution in [0.2, 0.25) is 0 Å². The zero-order valence-corrected chi connectivity index (χ0v) is 17.7. The van der Waals surface area contributed by atoms with Crippen LogP contribution in [0.4, 0.5) is 4.39 Å². The van der Waals surface area contributed by atoms with Gasteiger partial charge in [0, 0.05) is 43.5 Å². The van der Waals surface area contributed by atoms with Crippen molar-refractivity contribution < 1.29 is 14.0 Å². The zero-order valence-electron chi connectivity index (χ0n) is 17.7. The molecule has 1 aliphatic heterocycles. The summed E-state index contributed by atoms with van der Waals surface area (Å²) in [5.74, 6) is -0.521. The Morgan fingerprint density at radius 1 is 1.14 bits per heavy atom. The van der Waals surface area contributed by atoms with Crippen LogP contribution in [0.25, 0.3) is 0 Å². The Bertz CT molecular complexity index is 884. The molecule has 0 aliphatic carbocycles. The lowest BCUT2D eigenvalue weighted by Gasteiger charge is -2.38. The van der Waals surface area contributed by atoms with E-state index in [0.29, 0.717) is 31.6 Å². The normalized spacial score (nSPS) is 16.4. The van der Waals surface area contributed by atoms with E-state index in [1.54, 1.807) is 28.0 Å². The third-order valence-electron chi connectivity index (χ3n) is 5.30. The van der Waals surface area contributed by atoms with E-state index >= 15 is 0 Å². The summed E-state index contributed by atoms with van der Waals surface area (Å²) in [4.78, 5) is 29.2. The van der Waals surface area contributed by atoms with Crippen LogP contribution < -0.4 is 0 Å². The molecule has 0 spiro atoms. The molecule has 2 heterocycles. The lowest BCUT2D eigenvalue weighted by Crippen LogP contribution is -2.48. The van der Waals surface area contributed by atoms with E-state index in [4.69, 9.17) is 0 Å². The number of likely N-dealkylation sites (N-methyl/N-ethyl adjacent to an activating group) is 1. The third-order valence-corrected chi connectivity index (χ3v) is 5.30. The molecule has 5 nitrogen and oxygen atoms in total. The molecule has 0 saturated heterocycles. The number of aromatic nitrogens is 1. The van der Waals surface area contributed by atoms with E-state index in [9.17, 15) is 14.0 Å². The SMILES string of the molecule is CCN(CC(=O)N1CCn2cccc2C1c1ccccc1F)C(=O)CC(C)(C)C. The summed E-state index contributed by atoms with van der Waals surface area (Å²) in [6.45, 7) is 9.51. The van der Waals surface area contributed by atoms with Gasteiger partial charge >= 0.3 is 0 Å². The van der Waals surface area contributed by atoms with Crippen LogP contribution >= 0.6 is 0 Å². The number of carbonyl (C=O) groups is 2. The molecular weight excluding hydrogens is 369 g/mol. The summed E-state index contributed by atoms with van der Waals surface area (Å²) < 4.78 is 16.7. The van der Waals surface area contributed by atoms with E-state index in [1.165, 1.54) is 6.07 Å².